The van der Waals surface area contributed by atoms with Crippen LogP contribution in [0.5, 0.6) is 0 Å². The molecule has 0 fully saturated rings. The van der Waals surface area contributed by atoms with Crippen molar-refractivity contribution in [2.75, 3.05) is 6.61 Å². The maximum absolute atomic E-state index is 9.19. The van der Waals surface area contributed by atoms with E-state index in [9.17, 15) is 5.11 Å². The van der Waals surface area contributed by atoms with Crippen LogP contribution in [-0.4, -0.2) is 57.2 Å². The van der Waals surface area contributed by atoms with Gasteiger partial charge in [0.1, 0.15) is 30.2 Å². The second-order valence-corrected chi connectivity index (χ2v) is 2.73. The Morgan fingerprint density at radius 1 is 1.25 bits per heavy atom. The first-order valence-corrected chi connectivity index (χ1v) is 3.56. The van der Waals surface area contributed by atoms with Crippen molar-refractivity contribution >= 4 is 5.84 Å². The molecule has 12 heavy (non-hydrogen) atoms. The summed E-state index contributed by atoms with van der Waals surface area (Å²) in [6, 6.07) is -0.844. The SMILES string of the molecule is NC1=NC(CO)[C@@H](O)C(O)C1O. The summed E-state index contributed by atoms with van der Waals surface area (Å²) in [5, 5.41) is 36.1. The average Bonchev–Trinajstić information content (AvgIpc) is 2.08. The molecule has 0 aromatic carbocycles. The van der Waals surface area contributed by atoms with Gasteiger partial charge in [-0.2, -0.15) is 0 Å². The van der Waals surface area contributed by atoms with Crippen LogP contribution in [0.25, 0.3) is 0 Å². The highest BCUT2D eigenvalue weighted by atomic mass is 16.4. The quantitative estimate of drug-likeness (QED) is 0.288. The van der Waals surface area contributed by atoms with E-state index >= 15 is 0 Å². The lowest BCUT2D eigenvalue weighted by molar-refractivity contribution is -0.0589. The Hall–Kier alpha value is -0.690. The van der Waals surface area contributed by atoms with Crippen LogP contribution in [0.4, 0.5) is 0 Å². The molecule has 0 bridgehead atoms. The van der Waals surface area contributed by atoms with Crippen LogP contribution in [-0.2, 0) is 0 Å². The molecule has 1 heterocycles. The Balaban J connectivity index is 2.83. The summed E-state index contributed by atoms with van der Waals surface area (Å²) < 4.78 is 0. The van der Waals surface area contributed by atoms with E-state index in [0.29, 0.717) is 0 Å². The number of hydrogen-bond acceptors (Lipinski definition) is 6. The van der Waals surface area contributed by atoms with Gasteiger partial charge in [0.05, 0.1) is 6.61 Å². The van der Waals surface area contributed by atoms with Gasteiger partial charge >= 0.3 is 0 Å². The number of hydrogen-bond donors (Lipinski definition) is 5. The molecule has 1 rings (SSSR count). The molecule has 6 N–H and O–H groups in total. The number of nitrogens with zero attached hydrogens (tertiary/aromatic N) is 1. The summed E-state index contributed by atoms with van der Waals surface area (Å²) in [5.74, 6) is -0.160. The molecular formula is C6H12N2O4. The summed E-state index contributed by atoms with van der Waals surface area (Å²) in [4.78, 5) is 3.60. The fourth-order valence-corrected chi connectivity index (χ4v) is 1.08. The van der Waals surface area contributed by atoms with Crippen LogP contribution in [0.1, 0.15) is 0 Å². The average molecular weight is 176 g/mol. The molecule has 6 nitrogen and oxygen atoms in total. The third-order valence-corrected chi connectivity index (χ3v) is 1.87. The zero-order valence-corrected chi connectivity index (χ0v) is 6.33. The number of aliphatic hydroxyl groups is 4. The minimum absolute atomic E-state index is 0.160. The maximum atomic E-state index is 9.19. The van der Waals surface area contributed by atoms with Gasteiger partial charge in [0.2, 0.25) is 0 Å². The highest BCUT2D eigenvalue weighted by molar-refractivity contribution is 5.86. The maximum Gasteiger partial charge on any atom is 0.139 e. The highest BCUT2D eigenvalue weighted by Gasteiger charge is 2.37. The van der Waals surface area contributed by atoms with Crippen LogP contribution in [0.2, 0.25) is 0 Å². The lowest BCUT2D eigenvalue weighted by Crippen LogP contribution is -2.55. The van der Waals surface area contributed by atoms with Gasteiger partial charge in [0, 0.05) is 0 Å². The molecule has 0 aromatic heterocycles. The third kappa shape index (κ3) is 1.42. The minimum Gasteiger partial charge on any atom is -0.394 e. The fraction of sp³-hybridized carbons (Fsp3) is 0.833. The normalized spacial score (nSPS) is 42.5. The molecule has 6 heteroatoms. The molecule has 0 spiro atoms. The summed E-state index contributed by atoms with van der Waals surface area (Å²) in [7, 11) is 0. The first-order chi connectivity index (χ1) is 5.57. The first-order valence-electron chi connectivity index (χ1n) is 3.56. The van der Waals surface area contributed by atoms with E-state index in [0.717, 1.165) is 0 Å². The smallest absolute Gasteiger partial charge is 0.139 e. The van der Waals surface area contributed by atoms with Crippen molar-refractivity contribution in [2.24, 2.45) is 10.7 Å². The minimum atomic E-state index is -1.38. The largest absolute Gasteiger partial charge is 0.394 e. The molecule has 0 radical (unpaired) electrons. The molecule has 3 unspecified atom stereocenters. The number of aliphatic hydroxyl groups excluding tert-OH is 4. The monoisotopic (exact) mass is 176 g/mol. The van der Waals surface area contributed by atoms with Crippen molar-refractivity contribution in [2.45, 2.75) is 24.4 Å². The molecule has 70 valence electrons. The van der Waals surface area contributed by atoms with Crippen LogP contribution >= 0.6 is 0 Å². The predicted octanol–water partition coefficient (Wildman–Crippen LogP) is -3.20. The van der Waals surface area contributed by atoms with E-state index in [1.165, 1.54) is 0 Å². The Bertz CT molecular complexity index is 196. The predicted molar refractivity (Wildman–Crippen MR) is 40.5 cm³/mol. The zero-order valence-electron chi connectivity index (χ0n) is 6.33. The van der Waals surface area contributed by atoms with E-state index in [4.69, 9.17) is 21.1 Å². The first kappa shape index (κ1) is 9.40. The second kappa shape index (κ2) is 3.36. The molecular weight excluding hydrogens is 164 g/mol. The molecule has 1 aliphatic heterocycles. The second-order valence-electron chi connectivity index (χ2n) is 2.73. The standard InChI is InChI=1S/C6H12N2O4/c7-6-5(12)4(11)3(10)2(1-9)8-6/h2-5,9-12H,1H2,(H2,7,8)/t2?,3-,4?,5?/m1/s1. The third-order valence-electron chi connectivity index (χ3n) is 1.87. The highest BCUT2D eigenvalue weighted by Crippen LogP contribution is 2.13. The van der Waals surface area contributed by atoms with E-state index in [1.807, 2.05) is 0 Å². The molecule has 0 aliphatic carbocycles. The van der Waals surface area contributed by atoms with Gasteiger partial charge in [0.15, 0.2) is 0 Å². The summed E-state index contributed by atoms with van der Waals surface area (Å²) >= 11 is 0. The lowest BCUT2D eigenvalue weighted by atomic mass is 9.98. The summed E-state index contributed by atoms with van der Waals surface area (Å²) in [6.07, 6.45) is -3.99. The molecule has 0 saturated carbocycles. The fourth-order valence-electron chi connectivity index (χ4n) is 1.08. The molecule has 0 amide bonds. The zero-order chi connectivity index (χ0) is 9.30. The summed E-state index contributed by atoms with van der Waals surface area (Å²) in [6.45, 7) is -0.411. The number of amidine groups is 1. The van der Waals surface area contributed by atoms with Gasteiger partial charge in [-0.3, -0.25) is 4.99 Å². The van der Waals surface area contributed by atoms with Gasteiger partial charge < -0.3 is 26.2 Å². The van der Waals surface area contributed by atoms with Gasteiger partial charge in [-0.25, -0.2) is 0 Å². The Morgan fingerprint density at radius 2 is 1.83 bits per heavy atom. The number of nitrogens with two attached hydrogens (primary N) is 1. The Morgan fingerprint density at radius 3 is 2.33 bits per heavy atom. The van der Waals surface area contributed by atoms with Crippen molar-refractivity contribution in [1.29, 1.82) is 0 Å². The van der Waals surface area contributed by atoms with Crippen LogP contribution in [0, 0.1) is 0 Å². The molecule has 4 atom stereocenters. The number of rotatable bonds is 1. The van der Waals surface area contributed by atoms with Crippen molar-refractivity contribution in [1.82, 2.24) is 0 Å². The van der Waals surface area contributed by atoms with Gasteiger partial charge in [-0.1, -0.05) is 0 Å². The van der Waals surface area contributed by atoms with Crippen molar-refractivity contribution < 1.29 is 20.4 Å². The van der Waals surface area contributed by atoms with E-state index in [-0.39, 0.29) is 5.84 Å². The molecule has 1 aliphatic rings. The van der Waals surface area contributed by atoms with E-state index < -0.39 is 31.0 Å². The molecule has 0 saturated heterocycles. The van der Waals surface area contributed by atoms with Gasteiger partial charge in [-0.15, -0.1) is 0 Å². The van der Waals surface area contributed by atoms with Crippen molar-refractivity contribution in [3.63, 3.8) is 0 Å². The Labute approximate surface area is 69.0 Å². The number of aliphatic imine (C=N–C) groups is 1. The topological polar surface area (TPSA) is 119 Å². The van der Waals surface area contributed by atoms with Gasteiger partial charge in [0.25, 0.3) is 0 Å². The van der Waals surface area contributed by atoms with E-state index in [1.54, 1.807) is 0 Å². The lowest BCUT2D eigenvalue weighted by Gasteiger charge is -2.31. The van der Waals surface area contributed by atoms with Crippen LogP contribution in [0.3, 0.4) is 0 Å². The van der Waals surface area contributed by atoms with Crippen LogP contribution < -0.4 is 5.73 Å². The Kier molecular flexibility index (Phi) is 2.63. The van der Waals surface area contributed by atoms with E-state index in [2.05, 4.69) is 4.99 Å². The van der Waals surface area contributed by atoms with Crippen LogP contribution in [0.15, 0.2) is 4.99 Å². The van der Waals surface area contributed by atoms with Crippen molar-refractivity contribution in [3.05, 3.63) is 0 Å². The summed E-state index contributed by atoms with van der Waals surface area (Å²) in [5.41, 5.74) is 5.21. The van der Waals surface area contributed by atoms with Gasteiger partial charge in [-0.05, 0) is 0 Å². The molecule has 0 aromatic rings. The van der Waals surface area contributed by atoms with Crippen molar-refractivity contribution in [3.8, 4) is 0 Å².